The normalized spacial score (nSPS) is 20.1. The second-order valence-corrected chi connectivity index (χ2v) is 3.13. The van der Waals surface area contributed by atoms with E-state index in [0.29, 0.717) is 6.42 Å². The van der Waals surface area contributed by atoms with Crippen LogP contribution < -0.4 is 0 Å². The molecule has 2 rings (SSSR count). The molecule has 0 saturated heterocycles. The molecule has 1 atom stereocenters. The van der Waals surface area contributed by atoms with Crippen LogP contribution in [-0.2, 0) is 4.84 Å². The molecule has 0 saturated carbocycles. The summed E-state index contributed by atoms with van der Waals surface area (Å²) in [5.41, 5.74) is 1.74. The van der Waals surface area contributed by atoms with E-state index in [-0.39, 0.29) is 11.9 Å². The van der Waals surface area contributed by atoms with Gasteiger partial charge in [-0.05, 0) is 23.8 Å². The molecule has 0 spiro atoms. The Labute approximate surface area is 81.7 Å². The summed E-state index contributed by atoms with van der Waals surface area (Å²) < 4.78 is 12.6. The van der Waals surface area contributed by atoms with Crippen molar-refractivity contribution in [3.05, 3.63) is 48.3 Å². The lowest BCUT2D eigenvalue weighted by atomic mass is 10.1. The highest BCUT2D eigenvalue weighted by Crippen LogP contribution is 2.17. The quantitative estimate of drug-likeness (QED) is 0.658. The first-order chi connectivity index (χ1) is 6.79. The number of hydrogen-bond acceptors (Lipinski definition) is 2. The van der Waals surface area contributed by atoms with Crippen molar-refractivity contribution in [1.82, 2.24) is 0 Å². The third-order valence-corrected chi connectivity index (χ3v) is 2.13. The number of nitrogens with zero attached hydrogens (tertiary/aromatic N) is 1. The van der Waals surface area contributed by atoms with Crippen molar-refractivity contribution in [1.29, 1.82) is 0 Å². The lowest BCUT2D eigenvalue weighted by molar-refractivity contribution is 0.120. The van der Waals surface area contributed by atoms with Crippen LogP contribution in [0.4, 0.5) is 4.39 Å². The maximum Gasteiger partial charge on any atom is 0.151 e. The molecule has 0 unspecified atom stereocenters. The van der Waals surface area contributed by atoms with Crippen LogP contribution in [0.1, 0.15) is 12.0 Å². The summed E-state index contributed by atoms with van der Waals surface area (Å²) in [6.07, 6.45) is 2.37. The van der Waals surface area contributed by atoms with E-state index in [1.54, 1.807) is 18.2 Å². The van der Waals surface area contributed by atoms with Gasteiger partial charge < -0.3 is 4.84 Å². The number of hydrogen-bond donors (Lipinski definition) is 0. The van der Waals surface area contributed by atoms with Gasteiger partial charge in [-0.2, -0.15) is 0 Å². The van der Waals surface area contributed by atoms with Crippen LogP contribution in [0.25, 0.3) is 0 Å². The molecular formula is C11H10FNO. The van der Waals surface area contributed by atoms with Crippen molar-refractivity contribution in [2.24, 2.45) is 5.16 Å². The van der Waals surface area contributed by atoms with Crippen molar-refractivity contribution in [2.75, 3.05) is 0 Å². The first-order valence-corrected chi connectivity index (χ1v) is 4.41. The van der Waals surface area contributed by atoms with Crippen LogP contribution in [-0.4, -0.2) is 11.8 Å². The van der Waals surface area contributed by atoms with E-state index >= 15 is 0 Å². The predicted octanol–water partition coefficient (Wildman–Crippen LogP) is 2.50. The minimum Gasteiger partial charge on any atom is -0.388 e. The highest BCUT2D eigenvalue weighted by atomic mass is 19.1. The van der Waals surface area contributed by atoms with Gasteiger partial charge in [0.05, 0.1) is 5.71 Å². The van der Waals surface area contributed by atoms with Gasteiger partial charge in [0.2, 0.25) is 0 Å². The molecule has 0 aliphatic carbocycles. The van der Waals surface area contributed by atoms with Crippen LogP contribution in [0.15, 0.2) is 42.1 Å². The van der Waals surface area contributed by atoms with Crippen molar-refractivity contribution in [2.45, 2.75) is 12.5 Å². The third-order valence-electron chi connectivity index (χ3n) is 2.13. The SMILES string of the molecule is C=C[C@H]1CC(c2ccc(F)cc2)=NO1. The molecular weight excluding hydrogens is 181 g/mol. The van der Waals surface area contributed by atoms with Gasteiger partial charge in [0, 0.05) is 6.42 Å². The largest absolute Gasteiger partial charge is 0.388 e. The highest BCUT2D eigenvalue weighted by Gasteiger charge is 2.18. The first kappa shape index (κ1) is 8.94. The second kappa shape index (κ2) is 3.62. The maximum atomic E-state index is 12.6. The topological polar surface area (TPSA) is 21.6 Å². The zero-order chi connectivity index (χ0) is 9.97. The molecule has 1 heterocycles. The third kappa shape index (κ3) is 1.66. The smallest absolute Gasteiger partial charge is 0.151 e. The van der Waals surface area contributed by atoms with Crippen molar-refractivity contribution in [3.8, 4) is 0 Å². The van der Waals surface area contributed by atoms with E-state index in [0.717, 1.165) is 11.3 Å². The fourth-order valence-electron chi connectivity index (χ4n) is 1.34. The van der Waals surface area contributed by atoms with Crippen LogP contribution in [0.3, 0.4) is 0 Å². The maximum absolute atomic E-state index is 12.6. The lowest BCUT2D eigenvalue weighted by Crippen LogP contribution is -2.04. The number of halogens is 1. The molecule has 0 N–H and O–H groups in total. The minimum absolute atomic E-state index is 0.0462. The van der Waals surface area contributed by atoms with Crippen LogP contribution >= 0.6 is 0 Å². The molecule has 1 aliphatic heterocycles. The predicted molar refractivity (Wildman–Crippen MR) is 52.6 cm³/mol. The summed E-state index contributed by atoms with van der Waals surface area (Å²) in [5.74, 6) is -0.242. The number of oxime groups is 1. The van der Waals surface area contributed by atoms with Gasteiger partial charge in [-0.3, -0.25) is 0 Å². The van der Waals surface area contributed by atoms with Gasteiger partial charge in [-0.25, -0.2) is 4.39 Å². The molecule has 0 bridgehead atoms. The fraction of sp³-hybridized carbons (Fsp3) is 0.182. The Morgan fingerprint density at radius 1 is 1.43 bits per heavy atom. The van der Waals surface area contributed by atoms with E-state index in [1.165, 1.54) is 12.1 Å². The zero-order valence-electron chi connectivity index (χ0n) is 7.61. The Hall–Kier alpha value is -1.64. The standard InChI is InChI=1S/C11H10FNO/c1-2-10-7-11(13-14-10)8-3-5-9(12)6-4-8/h2-6,10H,1,7H2/t10-/m0/s1. The fourth-order valence-corrected chi connectivity index (χ4v) is 1.34. The van der Waals surface area contributed by atoms with E-state index < -0.39 is 0 Å². The highest BCUT2D eigenvalue weighted by molar-refractivity contribution is 6.01. The molecule has 0 aromatic heterocycles. The molecule has 1 aromatic carbocycles. The van der Waals surface area contributed by atoms with Gasteiger partial charge in [0.15, 0.2) is 6.10 Å². The van der Waals surface area contributed by atoms with E-state index in [1.807, 2.05) is 0 Å². The summed E-state index contributed by atoms with van der Waals surface area (Å²) in [4.78, 5) is 5.08. The van der Waals surface area contributed by atoms with Gasteiger partial charge in [-0.1, -0.05) is 23.9 Å². The van der Waals surface area contributed by atoms with E-state index in [9.17, 15) is 4.39 Å². The molecule has 72 valence electrons. The molecule has 1 aliphatic rings. The average molecular weight is 191 g/mol. The van der Waals surface area contributed by atoms with E-state index in [4.69, 9.17) is 4.84 Å². The molecule has 2 nitrogen and oxygen atoms in total. The lowest BCUT2D eigenvalue weighted by Gasteiger charge is -1.99. The van der Waals surface area contributed by atoms with Gasteiger partial charge >= 0.3 is 0 Å². The van der Waals surface area contributed by atoms with Gasteiger partial charge in [-0.15, -0.1) is 0 Å². The monoisotopic (exact) mass is 191 g/mol. The van der Waals surface area contributed by atoms with Gasteiger partial charge in [0.25, 0.3) is 0 Å². The Bertz CT molecular complexity index is 369. The molecule has 0 radical (unpaired) electrons. The van der Waals surface area contributed by atoms with Crippen LogP contribution in [0.5, 0.6) is 0 Å². The first-order valence-electron chi connectivity index (χ1n) is 4.41. The summed E-state index contributed by atoms with van der Waals surface area (Å²) in [6.45, 7) is 3.63. The number of rotatable bonds is 2. The summed E-state index contributed by atoms with van der Waals surface area (Å²) in [7, 11) is 0. The summed E-state index contributed by atoms with van der Waals surface area (Å²) in [5, 5.41) is 3.91. The van der Waals surface area contributed by atoms with Crippen molar-refractivity contribution in [3.63, 3.8) is 0 Å². The zero-order valence-corrected chi connectivity index (χ0v) is 7.61. The van der Waals surface area contributed by atoms with Crippen LogP contribution in [0.2, 0.25) is 0 Å². The summed E-state index contributed by atoms with van der Waals surface area (Å²) in [6, 6.07) is 6.23. The molecule has 3 heteroatoms. The van der Waals surface area contributed by atoms with Crippen LogP contribution in [0, 0.1) is 5.82 Å². The minimum atomic E-state index is -0.242. The Morgan fingerprint density at radius 2 is 2.14 bits per heavy atom. The Balaban J connectivity index is 2.17. The average Bonchev–Trinajstić information content (AvgIpc) is 2.67. The Kier molecular flexibility index (Phi) is 2.31. The molecule has 0 fully saturated rings. The Morgan fingerprint density at radius 3 is 2.71 bits per heavy atom. The van der Waals surface area contributed by atoms with Crippen molar-refractivity contribution < 1.29 is 9.23 Å². The van der Waals surface area contributed by atoms with E-state index in [2.05, 4.69) is 11.7 Å². The summed E-state index contributed by atoms with van der Waals surface area (Å²) >= 11 is 0. The number of benzene rings is 1. The van der Waals surface area contributed by atoms with Crippen molar-refractivity contribution >= 4 is 5.71 Å². The molecule has 1 aromatic rings. The molecule has 14 heavy (non-hydrogen) atoms. The second-order valence-electron chi connectivity index (χ2n) is 3.13. The van der Waals surface area contributed by atoms with Gasteiger partial charge in [0.1, 0.15) is 5.82 Å². The molecule has 0 amide bonds.